The monoisotopic (exact) mass is 273 g/mol. The molecule has 20 heavy (non-hydrogen) atoms. The molecule has 0 aliphatic carbocycles. The highest BCUT2D eigenvalue weighted by atomic mass is 19.1. The van der Waals surface area contributed by atoms with Crippen molar-refractivity contribution < 1.29 is 13.6 Å². The minimum absolute atomic E-state index is 0.0949. The molecular weight excluding hydrogens is 264 g/mol. The first kappa shape index (κ1) is 13.6. The average molecular weight is 273 g/mol. The van der Waals surface area contributed by atoms with Crippen molar-refractivity contribution in [3.8, 4) is 6.07 Å². The molecule has 2 rings (SSSR count). The van der Waals surface area contributed by atoms with E-state index in [0.29, 0.717) is 5.56 Å². The number of carbonyl (C=O) groups excluding carboxylic acids is 1. The highest BCUT2D eigenvalue weighted by Gasteiger charge is 2.10. The number of benzene rings is 1. The largest absolute Gasteiger partial charge is 0.310 e. The van der Waals surface area contributed by atoms with Crippen LogP contribution in [-0.4, -0.2) is 10.9 Å². The molecule has 0 fully saturated rings. The number of aromatic nitrogens is 1. The number of rotatable bonds is 3. The van der Waals surface area contributed by atoms with Gasteiger partial charge in [0.05, 0.1) is 12.0 Å². The van der Waals surface area contributed by atoms with Crippen LogP contribution in [0.1, 0.15) is 11.1 Å². The average Bonchev–Trinajstić information content (AvgIpc) is 2.43. The Bertz CT molecular complexity index is 678. The molecule has 100 valence electrons. The first-order valence-electron chi connectivity index (χ1n) is 5.68. The molecule has 6 heteroatoms. The molecule has 1 heterocycles. The van der Waals surface area contributed by atoms with E-state index in [0.717, 1.165) is 12.1 Å². The SMILES string of the molecule is N#Cc1ccc(NC(=O)Cc2ccc(F)cc2F)nc1. The van der Waals surface area contributed by atoms with Gasteiger partial charge < -0.3 is 5.32 Å². The van der Waals surface area contributed by atoms with E-state index in [1.165, 1.54) is 24.4 Å². The summed E-state index contributed by atoms with van der Waals surface area (Å²) in [5.74, 6) is -1.68. The van der Waals surface area contributed by atoms with Gasteiger partial charge in [-0.3, -0.25) is 4.79 Å². The van der Waals surface area contributed by atoms with Crippen LogP contribution in [0, 0.1) is 23.0 Å². The summed E-state index contributed by atoms with van der Waals surface area (Å²) in [6, 6.07) is 7.90. The molecule has 1 amide bonds. The molecule has 0 bridgehead atoms. The lowest BCUT2D eigenvalue weighted by atomic mass is 10.1. The van der Waals surface area contributed by atoms with Gasteiger partial charge in [-0.05, 0) is 23.8 Å². The van der Waals surface area contributed by atoms with Crippen molar-refractivity contribution in [3.63, 3.8) is 0 Å². The van der Waals surface area contributed by atoms with Crippen LogP contribution in [0.25, 0.3) is 0 Å². The number of carbonyl (C=O) groups is 1. The third-order valence-corrected chi connectivity index (χ3v) is 2.53. The van der Waals surface area contributed by atoms with Crippen LogP contribution < -0.4 is 5.32 Å². The molecule has 1 aromatic carbocycles. The second-order valence-electron chi connectivity index (χ2n) is 4.00. The van der Waals surface area contributed by atoms with E-state index in [4.69, 9.17) is 5.26 Å². The fourth-order valence-electron chi connectivity index (χ4n) is 1.56. The summed E-state index contributed by atoms with van der Waals surface area (Å²) in [4.78, 5) is 15.6. The van der Waals surface area contributed by atoms with Gasteiger partial charge in [0.2, 0.25) is 5.91 Å². The van der Waals surface area contributed by atoms with Crippen LogP contribution in [0.15, 0.2) is 36.5 Å². The number of halogens is 2. The van der Waals surface area contributed by atoms with Crippen LogP contribution in [-0.2, 0) is 11.2 Å². The lowest BCUT2D eigenvalue weighted by Gasteiger charge is -2.05. The number of nitrogens with one attached hydrogen (secondary N) is 1. The molecule has 0 aliphatic heterocycles. The van der Waals surface area contributed by atoms with E-state index in [-0.39, 0.29) is 17.8 Å². The number of anilines is 1. The zero-order valence-corrected chi connectivity index (χ0v) is 10.2. The maximum Gasteiger partial charge on any atom is 0.230 e. The van der Waals surface area contributed by atoms with Gasteiger partial charge in [-0.1, -0.05) is 6.07 Å². The first-order valence-corrected chi connectivity index (χ1v) is 5.68. The van der Waals surface area contributed by atoms with Crippen LogP contribution in [0.2, 0.25) is 0 Å². The van der Waals surface area contributed by atoms with Gasteiger partial charge in [-0.2, -0.15) is 5.26 Å². The van der Waals surface area contributed by atoms with Crippen molar-refractivity contribution in [1.82, 2.24) is 4.98 Å². The third kappa shape index (κ3) is 3.36. The molecule has 0 radical (unpaired) electrons. The first-order chi connectivity index (χ1) is 9.58. The highest BCUT2D eigenvalue weighted by molar-refractivity contribution is 5.91. The Morgan fingerprint density at radius 3 is 2.70 bits per heavy atom. The van der Waals surface area contributed by atoms with Gasteiger partial charge in [0.1, 0.15) is 23.5 Å². The van der Waals surface area contributed by atoms with E-state index >= 15 is 0 Å². The Balaban J connectivity index is 2.03. The molecule has 0 saturated heterocycles. The molecule has 0 saturated carbocycles. The minimum Gasteiger partial charge on any atom is -0.310 e. The van der Waals surface area contributed by atoms with Crippen molar-refractivity contribution in [2.24, 2.45) is 0 Å². The number of hydrogen-bond acceptors (Lipinski definition) is 3. The lowest BCUT2D eigenvalue weighted by molar-refractivity contribution is -0.115. The summed E-state index contributed by atoms with van der Waals surface area (Å²) in [7, 11) is 0. The van der Waals surface area contributed by atoms with Crippen molar-refractivity contribution in [2.45, 2.75) is 6.42 Å². The topological polar surface area (TPSA) is 65.8 Å². The number of nitriles is 1. The van der Waals surface area contributed by atoms with Crippen molar-refractivity contribution in [3.05, 3.63) is 59.3 Å². The molecule has 0 spiro atoms. The molecule has 4 nitrogen and oxygen atoms in total. The Kier molecular flexibility index (Phi) is 4.01. The van der Waals surface area contributed by atoms with E-state index in [1.807, 2.05) is 6.07 Å². The van der Waals surface area contributed by atoms with E-state index in [1.54, 1.807) is 0 Å². The molecular formula is C14H9F2N3O. The predicted molar refractivity (Wildman–Crippen MR) is 67.6 cm³/mol. The van der Waals surface area contributed by atoms with Crippen molar-refractivity contribution in [2.75, 3.05) is 5.32 Å². The predicted octanol–water partition coefficient (Wildman–Crippen LogP) is 2.41. The molecule has 0 aliphatic rings. The Hall–Kier alpha value is -2.81. The van der Waals surface area contributed by atoms with Gasteiger partial charge in [-0.15, -0.1) is 0 Å². The van der Waals surface area contributed by atoms with Gasteiger partial charge in [0.25, 0.3) is 0 Å². The zero-order chi connectivity index (χ0) is 14.5. The molecule has 1 aromatic heterocycles. The van der Waals surface area contributed by atoms with Crippen LogP contribution in [0.4, 0.5) is 14.6 Å². The Labute approximate surface area is 113 Å². The number of pyridine rings is 1. The van der Waals surface area contributed by atoms with E-state index in [2.05, 4.69) is 10.3 Å². The second-order valence-corrected chi connectivity index (χ2v) is 4.00. The van der Waals surface area contributed by atoms with Crippen LogP contribution in [0.3, 0.4) is 0 Å². The molecule has 1 N–H and O–H groups in total. The van der Waals surface area contributed by atoms with Crippen molar-refractivity contribution >= 4 is 11.7 Å². The molecule has 2 aromatic rings. The minimum atomic E-state index is -0.770. The third-order valence-electron chi connectivity index (χ3n) is 2.53. The van der Waals surface area contributed by atoms with E-state index < -0.39 is 17.5 Å². The Morgan fingerprint density at radius 2 is 2.10 bits per heavy atom. The number of nitrogens with zero attached hydrogens (tertiary/aromatic N) is 2. The van der Waals surface area contributed by atoms with Gasteiger partial charge in [0, 0.05) is 12.3 Å². The fraction of sp³-hybridized carbons (Fsp3) is 0.0714. The molecule has 0 atom stereocenters. The van der Waals surface area contributed by atoms with Gasteiger partial charge in [0.15, 0.2) is 0 Å². The Morgan fingerprint density at radius 1 is 1.30 bits per heavy atom. The smallest absolute Gasteiger partial charge is 0.230 e. The summed E-state index contributed by atoms with van der Waals surface area (Å²) in [6.45, 7) is 0. The van der Waals surface area contributed by atoms with Crippen molar-refractivity contribution in [1.29, 1.82) is 5.26 Å². The molecule has 0 unspecified atom stereocenters. The van der Waals surface area contributed by atoms with E-state index in [9.17, 15) is 13.6 Å². The van der Waals surface area contributed by atoms with Crippen LogP contribution >= 0.6 is 0 Å². The lowest BCUT2D eigenvalue weighted by Crippen LogP contribution is -2.16. The number of amides is 1. The highest BCUT2D eigenvalue weighted by Crippen LogP contribution is 2.11. The maximum absolute atomic E-state index is 13.4. The zero-order valence-electron chi connectivity index (χ0n) is 10.2. The summed E-state index contributed by atoms with van der Waals surface area (Å²) in [5.41, 5.74) is 0.463. The summed E-state index contributed by atoms with van der Waals surface area (Å²) >= 11 is 0. The summed E-state index contributed by atoms with van der Waals surface area (Å²) in [6.07, 6.45) is 1.09. The fourth-order valence-corrected chi connectivity index (χ4v) is 1.56. The second kappa shape index (κ2) is 5.89. The number of hydrogen-bond donors (Lipinski definition) is 1. The van der Waals surface area contributed by atoms with Gasteiger partial charge >= 0.3 is 0 Å². The summed E-state index contributed by atoms with van der Waals surface area (Å²) < 4.78 is 26.1. The normalized spacial score (nSPS) is 9.85. The summed E-state index contributed by atoms with van der Waals surface area (Å²) in [5, 5.41) is 11.1. The van der Waals surface area contributed by atoms with Gasteiger partial charge in [-0.25, -0.2) is 13.8 Å². The standard InChI is InChI=1S/C14H9F2N3O/c15-11-3-2-10(12(16)6-11)5-14(20)19-13-4-1-9(7-17)8-18-13/h1-4,6,8H,5H2,(H,18,19,20). The van der Waals surface area contributed by atoms with Crippen LogP contribution in [0.5, 0.6) is 0 Å². The quantitative estimate of drug-likeness (QED) is 0.933. The maximum atomic E-state index is 13.4.